The van der Waals surface area contributed by atoms with Crippen molar-refractivity contribution in [1.82, 2.24) is 19.5 Å². The van der Waals surface area contributed by atoms with Gasteiger partial charge in [0.2, 0.25) is 0 Å². The van der Waals surface area contributed by atoms with Gasteiger partial charge in [0.25, 0.3) is 6.21 Å². The number of likely N-dealkylation sites (tertiary alicyclic amines) is 1. The molecule has 1 aromatic heterocycles. The third-order valence-corrected chi connectivity index (χ3v) is 16.8. The molecule has 9 aliphatic rings. The lowest BCUT2D eigenvalue weighted by atomic mass is 9.58. The smallest absolute Gasteiger partial charge is 0.356 e. The van der Waals surface area contributed by atoms with Gasteiger partial charge in [-0.1, -0.05) is 102 Å². The summed E-state index contributed by atoms with van der Waals surface area (Å²) >= 11 is 0. The third-order valence-electron chi connectivity index (χ3n) is 16.8. The molecule has 3 N–H and O–H groups in total. The second kappa shape index (κ2) is 15.5. The standard InChI is InChI=1S/C60H60N6/c1-35-7-13-43(14-8-35)60(44-15-9-36(2)10-16-44)51-33-41(47-21-17-45(31-37(47)3)65-53(23-27-61)39(5)58-55(65)25-29-63-58)11-19-49(51)50-20-12-42(34-52(50)60)48-22-18-46(32-38(48)4)66-54-24-28-62-40(6)57(54)59-56(66)26-30-64-59/h7-16,18-20,22-29,31,38,40,51-52,54,57,61-62H,17,21,30,32-34H2,1-6H3/p+1. The summed E-state index contributed by atoms with van der Waals surface area (Å²) in [7, 11) is 0. The van der Waals surface area contributed by atoms with Gasteiger partial charge in [0.15, 0.2) is 0 Å². The Kier molecular flexibility index (Phi) is 9.59. The molecule has 6 unspecified atom stereocenters. The quantitative estimate of drug-likeness (QED) is 0.233. The molecule has 1 saturated heterocycles. The second-order valence-corrected chi connectivity index (χ2v) is 20.3. The van der Waals surface area contributed by atoms with Gasteiger partial charge in [-0.2, -0.15) is 0 Å². The highest BCUT2D eigenvalue weighted by Gasteiger charge is 2.58. The van der Waals surface area contributed by atoms with E-state index in [0.717, 1.165) is 55.0 Å². The molecule has 12 rings (SSSR count). The number of benzene rings is 2. The number of nitrogens with zero attached hydrogens (tertiary/aromatic N) is 4. The summed E-state index contributed by atoms with van der Waals surface area (Å²) in [6.07, 6.45) is 37.0. The Morgan fingerprint density at radius 1 is 0.773 bits per heavy atom. The predicted octanol–water partition coefficient (Wildman–Crippen LogP) is 9.59. The number of hydrogen-bond acceptors (Lipinski definition) is 4. The van der Waals surface area contributed by atoms with Gasteiger partial charge in [0, 0.05) is 40.6 Å². The fourth-order valence-corrected chi connectivity index (χ4v) is 13.7. The minimum Gasteiger partial charge on any atom is -0.405 e. The molecule has 4 aliphatic heterocycles. The number of rotatable bonds is 7. The van der Waals surface area contributed by atoms with Gasteiger partial charge in [-0.15, -0.1) is 0 Å². The Labute approximate surface area is 389 Å². The van der Waals surface area contributed by atoms with Crippen LogP contribution in [0.3, 0.4) is 0 Å². The maximum atomic E-state index is 6.01. The lowest BCUT2D eigenvalue weighted by molar-refractivity contribution is 0.300. The van der Waals surface area contributed by atoms with Crippen LogP contribution in [0.2, 0.25) is 0 Å². The Hall–Kier alpha value is -6.62. The molecular weight excluding hydrogens is 805 g/mol. The molecule has 6 nitrogen and oxygen atoms in total. The van der Waals surface area contributed by atoms with Gasteiger partial charge < -0.3 is 20.5 Å². The van der Waals surface area contributed by atoms with Crippen molar-refractivity contribution in [3.05, 3.63) is 210 Å². The van der Waals surface area contributed by atoms with Crippen molar-refractivity contribution in [1.29, 1.82) is 0 Å². The van der Waals surface area contributed by atoms with Gasteiger partial charge in [0.05, 0.1) is 41.3 Å². The molecule has 6 atom stereocenters. The average molecular weight is 866 g/mol. The first kappa shape index (κ1) is 40.9. The summed E-state index contributed by atoms with van der Waals surface area (Å²) < 4.78 is 7.11. The van der Waals surface area contributed by atoms with Crippen molar-refractivity contribution < 1.29 is 0 Å². The van der Waals surface area contributed by atoms with E-state index in [4.69, 9.17) is 15.4 Å². The van der Waals surface area contributed by atoms with Crippen LogP contribution in [-0.2, 0) is 5.41 Å². The molecule has 0 bridgehead atoms. The molecular formula is C60H61N6+. The number of allylic oxidation sites excluding steroid dienone is 17. The van der Waals surface area contributed by atoms with Gasteiger partial charge in [-0.25, -0.2) is 0 Å². The van der Waals surface area contributed by atoms with E-state index in [9.17, 15) is 0 Å². The van der Waals surface area contributed by atoms with Crippen molar-refractivity contribution in [2.75, 3.05) is 6.54 Å². The van der Waals surface area contributed by atoms with Crippen LogP contribution < -0.4 is 26.4 Å². The molecule has 2 fully saturated rings. The zero-order valence-corrected chi connectivity index (χ0v) is 39.3. The van der Waals surface area contributed by atoms with Crippen LogP contribution in [0.4, 0.5) is 0 Å². The minimum atomic E-state index is -0.252. The minimum absolute atomic E-state index is 0.252. The zero-order valence-electron chi connectivity index (χ0n) is 39.3. The Bertz CT molecular complexity index is 3140. The highest BCUT2D eigenvalue weighted by molar-refractivity contribution is 6.06. The van der Waals surface area contributed by atoms with Crippen molar-refractivity contribution >= 4 is 29.8 Å². The predicted molar refractivity (Wildman–Crippen MR) is 272 cm³/mol. The molecule has 0 radical (unpaired) electrons. The van der Waals surface area contributed by atoms with E-state index in [2.05, 4.69) is 172 Å². The molecule has 6 heteroatoms. The Morgan fingerprint density at radius 2 is 1.45 bits per heavy atom. The first-order chi connectivity index (χ1) is 32.1. The molecule has 66 heavy (non-hydrogen) atoms. The van der Waals surface area contributed by atoms with E-state index >= 15 is 0 Å². The van der Waals surface area contributed by atoms with Crippen molar-refractivity contribution in [2.24, 2.45) is 34.4 Å². The lowest BCUT2D eigenvalue weighted by Crippen LogP contribution is -2.44. The molecule has 5 heterocycles. The van der Waals surface area contributed by atoms with E-state index in [1.165, 1.54) is 89.6 Å². The highest BCUT2D eigenvalue weighted by Crippen LogP contribution is 2.65. The summed E-state index contributed by atoms with van der Waals surface area (Å²) in [6, 6.07) is 19.9. The van der Waals surface area contributed by atoms with Crippen molar-refractivity contribution in [3.63, 3.8) is 0 Å². The second-order valence-electron chi connectivity index (χ2n) is 20.3. The molecule has 1 saturated carbocycles. The van der Waals surface area contributed by atoms with Crippen LogP contribution in [0.5, 0.6) is 0 Å². The number of nitrogens with one attached hydrogen (secondary N) is 1. The number of aryl methyl sites for hydroxylation is 2. The first-order valence-electron chi connectivity index (χ1n) is 24.4. The Balaban J connectivity index is 0.953. The number of nitrogens with two attached hydrogens (primary N) is 1. The molecule has 2 aromatic carbocycles. The number of hydrogen-bond donors (Lipinski definition) is 2. The van der Waals surface area contributed by atoms with E-state index in [1.54, 1.807) is 6.20 Å². The molecule has 5 aliphatic carbocycles. The van der Waals surface area contributed by atoms with Crippen LogP contribution >= 0.6 is 0 Å². The molecule has 0 amide bonds. The van der Waals surface area contributed by atoms with Crippen LogP contribution in [0, 0.1) is 44.4 Å². The average Bonchev–Trinajstić information content (AvgIpc) is 4.15. The summed E-state index contributed by atoms with van der Waals surface area (Å²) in [5.74, 6) is 1.34. The maximum absolute atomic E-state index is 6.01. The molecule has 330 valence electrons. The van der Waals surface area contributed by atoms with Gasteiger partial charge in [-0.05, 0) is 166 Å². The first-order valence-corrected chi connectivity index (χ1v) is 24.4. The zero-order chi connectivity index (χ0) is 45.0. The van der Waals surface area contributed by atoms with Crippen LogP contribution in [0.15, 0.2) is 171 Å². The summed E-state index contributed by atoms with van der Waals surface area (Å²) in [5.41, 5.74) is 29.2. The van der Waals surface area contributed by atoms with Crippen LogP contribution in [-0.4, -0.2) is 40.0 Å². The van der Waals surface area contributed by atoms with Gasteiger partial charge in [-0.3, -0.25) is 4.99 Å². The van der Waals surface area contributed by atoms with E-state index in [1.807, 2.05) is 12.3 Å². The SMILES string of the molecule is CC1=C(C2=CC=C3C4=CC=C(C5=CC=C(N6C7=CCN=C7C7C(C)NC=CC76)CC5C)CC4C(c4ccc(C)cc4)(c4ccc(C)cc4)C3C2)CCC(n2c(C=CN)c(C)c3c2=CC=[N+]=3)=C1. The Morgan fingerprint density at radius 3 is 2.14 bits per heavy atom. The number of fused-ring (bicyclic) bond motifs is 7. The van der Waals surface area contributed by atoms with Gasteiger partial charge in [0.1, 0.15) is 5.35 Å². The lowest BCUT2D eigenvalue weighted by Gasteiger charge is -2.44. The summed E-state index contributed by atoms with van der Waals surface area (Å²) in [5, 5.41) is 5.79. The van der Waals surface area contributed by atoms with E-state index in [0.29, 0.717) is 23.9 Å². The van der Waals surface area contributed by atoms with Gasteiger partial charge >= 0.3 is 5.36 Å². The number of aromatic nitrogens is 1. The largest absolute Gasteiger partial charge is 0.405 e. The third kappa shape index (κ3) is 6.00. The number of aliphatic imine (C=N–C) groups is 1. The molecule has 3 aromatic rings. The van der Waals surface area contributed by atoms with Crippen molar-refractivity contribution in [3.8, 4) is 0 Å². The summed E-state index contributed by atoms with van der Waals surface area (Å²) in [4.78, 5) is 7.64. The normalized spacial score (nSPS) is 27.7. The van der Waals surface area contributed by atoms with Crippen LogP contribution in [0.1, 0.15) is 86.4 Å². The molecule has 0 spiro atoms. The maximum Gasteiger partial charge on any atom is 0.356 e. The summed E-state index contributed by atoms with van der Waals surface area (Å²) in [6.45, 7) is 14.5. The van der Waals surface area contributed by atoms with E-state index < -0.39 is 0 Å². The van der Waals surface area contributed by atoms with E-state index in [-0.39, 0.29) is 17.3 Å². The fraction of sp³-hybridized carbons (Fsp3) is 0.317. The monoisotopic (exact) mass is 865 g/mol. The highest BCUT2D eigenvalue weighted by atomic mass is 15.2. The topological polar surface area (TPSA) is 72.7 Å². The van der Waals surface area contributed by atoms with Crippen LogP contribution in [0.25, 0.3) is 17.8 Å². The fourth-order valence-electron chi connectivity index (χ4n) is 13.7. The van der Waals surface area contributed by atoms with Crippen molar-refractivity contribution in [2.45, 2.75) is 91.1 Å².